The highest BCUT2D eigenvalue weighted by Gasteiger charge is 2.20. The molecule has 90 valence electrons. The van der Waals surface area contributed by atoms with E-state index in [1.54, 1.807) is 18.7 Å². The molecule has 0 saturated heterocycles. The van der Waals surface area contributed by atoms with Crippen molar-refractivity contribution in [3.05, 3.63) is 17.9 Å². The molecule has 1 N–H and O–H groups in total. The van der Waals surface area contributed by atoms with E-state index in [2.05, 4.69) is 4.72 Å². The number of aldehydes is 1. The van der Waals surface area contributed by atoms with E-state index in [0.29, 0.717) is 12.0 Å². The second kappa shape index (κ2) is 5.51. The highest BCUT2D eigenvalue weighted by molar-refractivity contribution is 7.98. The third-order valence-corrected chi connectivity index (χ3v) is 4.05. The van der Waals surface area contributed by atoms with Crippen LogP contribution in [-0.2, 0) is 10.0 Å². The molecule has 16 heavy (non-hydrogen) atoms. The lowest BCUT2D eigenvalue weighted by Gasteiger charge is -2.10. The van der Waals surface area contributed by atoms with Crippen molar-refractivity contribution in [2.45, 2.75) is 18.1 Å². The molecule has 0 bridgehead atoms. The van der Waals surface area contributed by atoms with Gasteiger partial charge in [0.2, 0.25) is 5.09 Å². The van der Waals surface area contributed by atoms with E-state index in [4.69, 9.17) is 4.42 Å². The van der Waals surface area contributed by atoms with Crippen LogP contribution in [0.15, 0.2) is 21.6 Å². The average molecular weight is 263 g/mol. The normalized spacial score (nSPS) is 13.6. The molecule has 0 aliphatic carbocycles. The van der Waals surface area contributed by atoms with Gasteiger partial charge in [-0.1, -0.05) is 0 Å². The molecule has 0 aliphatic rings. The Labute approximate surface area is 98.6 Å². The highest BCUT2D eigenvalue weighted by atomic mass is 32.2. The number of carbonyl (C=O) groups is 1. The maximum atomic E-state index is 11.7. The Morgan fingerprint density at radius 2 is 2.25 bits per heavy atom. The lowest BCUT2D eigenvalue weighted by molar-refractivity contribution is 0.109. The average Bonchev–Trinajstić information content (AvgIpc) is 2.65. The lowest BCUT2D eigenvalue weighted by Crippen LogP contribution is -2.33. The van der Waals surface area contributed by atoms with Crippen molar-refractivity contribution in [3.8, 4) is 0 Å². The third-order valence-electron chi connectivity index (χ3n) is 1.76. The van der Waals surface area contributed by atoms with Gasteiger partial charge >= 0.3 is 0 Å². The molecular weight excluding hydrogens is 250 g/mol. The third kappa shape index (κ3) is 3.36. The van der Waals surface area contributed by atoms with Crippen LogP contribution in [0.5, 0.6) is 0 Å². The Morgan fingerprint density at radius 1 is 1.56 bits per heavy atom. The summed E-state index contributed by atoms with van der Waals surface area (Å²) in [7, 11) is -3.66. The molecule has 0 aromatic carbocycles. The lowest BCUT2D eigenvalue weighted by atomic mass is 10.4. The van der Waals surface area contributed by atoms with Gasteiger partial charge in [-0.25, -0.2) is 13.1 Å². The largest absolute Gasteiger partial charge is 0.440 e. The molecule has 1 unspecified atom stereocenters. The first kappa shape index (κ1) is 13.3. The predicted molar refractivity (Wildman–Crippen MR) is 62.3 cm³/mol. The fourth-order valence-electron chi connectivity index (χ4n) is 1.15. The molecule has 1 rings (SSSR count). The summed E-state index contributed by atoms with van der Waals surface area (Å²) in [6, 6.07) is 2.39. The van der Waals surface area contributed by atoms with Gasteiger partial charge in [0, 0.05) is 11.8 Å². The predicted octanol–water partition coefficient (Wildman–Crippen LogP) is 1.12. The second-order valence-electron chi connectivity index (χ2n) is 3.25. The minimum atomic E-state index is -3.66. The number of furan rings is 1. The van der Waals surface area contributed by atoms with Crippen LogP contribution in [0.25, 0.3) is 0 Å². The molecule has 1 aromatic rings. The number of sulfonamides is 1. The van der Waals surface area contributed by atoms with Gasteiger partial charge < -0.3 is 4.42 Å². The number of rotatable bonds is 6. The maximum Gasteiger partial charge on any atom is 0.274 e. The summed E-state index contributed by atoms with van der Waals surface area (Å²) in [5.74, 6) is 0.665. The molecule has 1 aromatic heterocycles. The van der Waals surface area contributed by atoms with E-state index in [0.717, 1.165) is 0 Å². The van der Waals surface area contributed by atoms with Gasteiger partial charge in [-0.15, -0.1) is 0 Å². The molecule has 5 nitrogen and oxygen atoms in total. The summed E-state index contributed by atoms with van der Waals surface area (Å²) in [4.78, 5) is 10.4. The summed E-state index contributed by atoms with van der Waals surface area (Å²) in [5, 5.41) is -0.234. The summed E-state index contributed by atoms with van der Waals surface area (Å²) in [6.07, 6.45) is 2.35. The van der Waals surface area contributed by atoms with Crippen molar-refractivity contribution in [1.82, 2.24) is 4.72 Å². The van der Waals surface area contributed by atoms with E-state index in [-0.39, 0.29) is 16.9 Å². The molecule has 0 fully saturated rings. The van der Waals surface area contributed by atoms with Crippen LogP contribution in [0, 0.1) is 0 Å². The van der Waals surface area contributed by atoms with E-state index in [1.165, 1.54) is 12.1 Å². The van der Waals surface area contributed by atoms with Crippen molar-refractivity contribution in [2.24, 2.45) is 0 Å². The smallest absolute Gasteiger partial charge is 0.274 e. The number of nitrogens with one attached hydrogen (secondary N) is 1. The molecule has 1 heterocycles. The van der Waals surface area contributed by atoms with Crippen molar-refractivity contribution >= 4 is 28.1 Å². The first-order chi connectivity index (χ1) is 7.49. The van der Waals surface area contributed by atoms with E-state index in [9.17, 15) is 13.2 Å². The SMILES string of the molecule is CSCC(C)NS(=O)(=O)c1ccc(C=O)o1. The Bertz CT molecular complexity index is 452. The van der Waals surface area contributed by atoms with Crippen LogP contribution in [0.4, 0.5) is 0 Å². The zero-order valence-corrected chi connectivity index (χ0v) is 10.6. The van der Waals surface area contributed by atoms with Crippen molar-refractivity contribution in [1.29, 1.82) is 0 Å². The topological polar surface area (TPSA) is 76.4 Å². The fourth-order valence-corrected chi connectivity index (χ4v) is 3.02. The molecule has 0 aliphatic heterocycles. The van der Waals surface area contributed by atoms with Crippen LogP contribution in [0.3, 0.4) is 0 Å². The van der Waals surface area contributed by atoms with Gasteiger partial charge in [-0.2, -0.15) is 11.8 Å². The minimum Gasteiger partial charge on any atom is -0.440 e. The van der Waals surface area contributed by atoms with Crippen molar-refractivity contribution in [3.63, 3.8) is 0 Å². The maximum absolute atomic E-state index is 11.7. The minimum absolute atomic E-state index is 0.00195. The van der Waals surface area contributed by atoms with Crippen LogP contribution in [0.1, 0.15) is 17.5 Å². The molecule has 1 atom stereocenters. The van der Waals surface area contributed by atoms with Crippen molar-refractivity contribution < 1.29 is 17.6 Å². The fraction of sp³-hybridized carbons (Fsp3) is 0.444. The van der Waals surface area contributed by atoms with Gasteiger partial charge in [-0.3, -0.25) is 4.79 Å². The standard InChI is InChI=1S/C9H13NO4S2/c1-7(6-15-2)10-16(12,13)9-4-3-8(5-11)14-9/h3-5,7,10H,6H2,1-2H3. The van der Waals surface area contributed by atoms with Gasteiger partial charge in [0.15, 0.2) is 12.0 Å². The number of carbonyl (C=O) groups excluding carboxylic acids is 1. The Morgan fingerprint density at radius 3 is 2.75 bits per heavy atom. The van der Waals surface area contributed by atoms with Gasteiger partial charge in [0.1, 0.15) is 0 Å². The van der Waals surface area contributed by atoms with Crippen molar-refractivity contribution in [2.75, 3.05) is 12.0 Å². The highest BCUT2D eigenvalue weighted by Crippen LogP contribution is 2.13. The molecule has 0 spiro atoms. The summed E-state index contributed by atoms with van der Waals surface area (Å²) < 4.78 is 30.7. The Kier molecular flexibility index (Phi) is 4.57. The molecular formula is C9H13NO4S2. The van der Waals surface area contributed by atoms with E-state index in [1.807, 2.05) is 6.26 Å². The van der Waals surface area contributed by atoms with Crippen LogP contribution < -0.4 is 4.72 Å². The van der Waals surface area contributed by atoms with Gasteiger partial charge in [0.05, 0.1) is 0 Å². The molecule has 0 radical (unpaired) electrons. The summed E-state index contributed by atoms with van der Waals surface area (Å²) in [5.41, 5.74) is 0. The monoisotopic (exact) mass is 263 g/mol. The Balaban J connectivity index is 2.81. The second-order valence-corrected chi connectivity index (χ2v) is 5.81. The molecule has 7 heteroatoms. The van der Waals surface area contributed by atoms with E-state index >= 15 is 0 Å². The van der Waals surface area contributed by atoms with E-state index < -0.39 is 10.0 Å². The van der Waals surface area contributed by atoms with Crippen LogP contribution in [0.2, 0.25) is 0 Å². The zero-order chi connectivity index (χ0) is 12.2. The number of hydrogen-bond donors (Lipinski definition) is 1. The van der Waals surface area contributed by atoms with Crippen LogP contribution in [-0.4, -0.2) is 32.8 Å². The van der Waals surface area contributed by atoms with Gasteiger partial charge in [-0.05, 0) is 25.3 Å². The number of hydrogen-bond acceptors (Lipinski definition) is 5. The van der Waals surface area contributed by atoms with Crippen LogP contribution >= 0.6 is 11.8 Å². The summed E-state index contributed by atoms with van der Waals surface area (Å²) >= 11 is 1.54. The molecule has 0 saturated carbocycles. The zero-order valence-electron chi connectivity index (χ0n) is 8.97. The Hall–Kier alpha value is -0.790. The van der Waals surface area contributed by atoms with Gasteiger partial charge in [0.25, 0.3) is 10.0 Å². The first-order valence-corrected chi connectivity index (χ1v) is 7.43. The quantitative estimate of drug-likeness (QED) is 0.778. The first-order valence-electron chi connectivity index (χ1n) is 4.56. The molecule has 0 amide bonds. The summed E-state index contributed by atoms with van der Waals surface area (Å²) in [6.45, 7) is 1.76. The number of thioether (sulfide) groups is 1.